The van der Waals surface area contributed by atoms with E-state index in [1.165, 1.54) is 0 Å². The zero-order chi connectivity index (χ0) is 10.6. The molecule has 0 unspecified atom stereocenters. The summed E-state index contributed by atoms with van der Waals surface area (Å²) in [5.41, 5.74) is 0. The first-order valence-electron chi connectivity index (χ1n) is 5.26. The summed E-state index contributed by atoms with van der Waals surface area (Å²) < 4.78 is 11.1. The SMILES string of the molecule is CC(C)COCc1ccc(C(C)C)o1. The number of ether oxygens (including phenoxy) is 1. The highest BCUT2D eigenvalue weighted by Crippen LogP contribution is 2.18. The minimum atomic E-state index is 0.453. The molecular weight excluding hydrogens is 176 g/mol. The van der Waals surface area contributed by atoms with Crippen LogP contribution in [0, 0.1) is 5.92 Å². The molecule has 0 aliphatic carbocycles. The van der Waals surface area contributed by atoms with E-state index in [2.05, 4.69) is 27.7 Å². The Bertz CT molecular complexity index is 261. The van der Waals surface area contributed by atoms with Crippen LogP contribution in [0.1, 0.15) is 45.1 Å². The molecule has 0 saturated heterocycles. The van der Waals surface area contributed by atoms with Crippen LogP contribution in [0.3, 0.4) is 0 Å². The van der Waals surface area contributed by atoms with Crippen LogP contribution in [0.25, 0.3) is 0 Å². The van der Waals surface area contributed by atoms with Crippen molar-refractivity contribution in [3.8, 4) is 0 Å². The highest BCUT2D eigenvalue weighted by molar-refractivity contribution is 5.09. The zero-order valence-electron chi connectivity index (χ0n) is 9.54. The Hall–Kier alpha value is -0.760. The quantitative estimate of drug-likeness (QED) is 0.718. The monoisotopic (exact) mass is 196 g/mol. The molecule has 0 atom stereocenters. The van der Waals surface area contributed by atoms with Crippen LogP contribution >= 0.6 is 0 Å². The Morgan fingerprint density at radius 1 is 1.21 bits per heavy atom. The molecule has 0 aliphatic heterocycles. The molecule has 1 aromatic heterocycles. The molecule has 0 radical (unpaired) electrons. The van der Waals surface area contributed by atoms with Crippen molar-refractivity contribution >= 4 is 0 Å². The minimum Gasteiger partial charge on any atom is -0.463 e. The average molecular weight is 196 g/mol. The van der Waals surface area contributed by atoms with Gasteiger partial charge in [-0.15, -0.1) is 0 Å². The number of hydrogen-bond donors (Lipinski definition) is 0. The van der Waals surface area contributed by atoms with Crippen molar-refractivity contribution in [3.05, 3.63) is 23.7 Å². The molecule has 0 N–H and O–H groups in total. The maximum atomic E-state index is 5.60. The molecule has 0 aliphatic rings. The molecule has 0 bridgehead atoms. The minimum absolute atomic E-state index is 0.453. The van der Waals surface area contributed by atoms with Crippen molar-refractivity contribution in [1.82, 2.24) is 0 Å². The summed E-state index contributed by atoms with van der Waals surface area (Å²) in [5.74, 6) is 2.99. The van der Waals surface area contributed by atoms with Gasteiger partial charge in [0, 0.05) is 12.5 Å². The molecule has 2 heteroatoms. The van der Waals surface area contributed by atoms with Crippen LogP contribution in [-0.2, 0) is 11.3 Å². The Labute approximate surface area is 86.3 Å². The standard InChI is InChI=1S/C12H20O2/c1-9(2)7-13-8-11-5-6-12(14-11)10(3)4/h5-6,9-10H,7-8H2,1-4H3. The molecule has 0 spiro atoms. The molecule has 2 nitrogen and oxygen atoms in total. The first-order valence-corrected chi connectivity index (χ1v) is 5.26. The topological polar surface area (TPSA) is 22.4 Å². The van der Waals surface area contributed by atoms with Crippen molar-refractivity contribution in [3.63, 3.8) is 0 Å². The normalized spacial score (nSPS) is 11.6. The molecule has 14 heavy (non-hydrogen) atoms. The Morgan fingerprint density at radius 2 is 1.93 bits per heavy atom. The summed E-state index contributed by atoms with van der Waals surface area (Å²) in [4.78, 5) is 0. The molecule has 80 valence electrons. The average Bonchev–Trinajstić information content (AvgIpc) is 2.52. The molecule has 0 saturated carbocycles. The summed E-state index contributed by atoms with van der Waals surface area (Å²) in [6, 6.07) is 4.02. The predicted octanol–water partition coefficient (Wildman–Crippen LogP) is 3.58. The Morgan fingerprint density at radius 3 is 2.43 bits per heavy atom. The van der Waals surface area contributed by atoms with E-state index in [-0.39, 0.29) is 0 Å². The van der Waals surface area contributed by atoms with Gasteiger partial charge in [0.1, 0.15) is 18.1 Å². The van der Waals surface area contributed by atoms with E-state index in [1.807, 2.05) is 12.1 Å². The third kappa shape index (κ3) is 3.54. The van der Waals surface area contributed by atoms with Gasteiger partial charge < -0.3 is 9.15 Å². The first kappa shape index (κ1) is 11.3. The van der Waals surface area contributed by atoms with Gasteiger partial charge in [0.05, 0.1) is 0 Å². The van der Waals surface area contributed by atoms with Gasteiger partial charge >= 0.3 is 0 Å². The van der Waals surface area contributed by atoms with E-state index < -0.39 is 0 Å². The van der Waals surface area contributed by atoms with Gasteiger partial charge in [-0.1, -0.05) is 27.7 Å². The fourth-order valence-corrected chi connectivity index (χ4v) is 1.18. The maximum Gasteiger partial charge on any atom is 0.129 e. The third-order valence-electron chi connectivity index (χ3n) is 1.95. The second-order valence-corrected chi connectivity index (χ2v) is 4.37. The number of furan rings is 1. The second kappa shape index (κ2) is 5.20. The molecular formula is C12H20O2. The van der Waals surface area contributed by atoms with Gasteiger partial charge in [0.15, 0.2) is 0 Å². The zero-order valence-corrected chi connectivity index (χ0v) is 9.54. The smallest absolute Gasteiger partial charge is 0.129 e. The summed E-state index contributed by atoms with van der Waals surface area (Å²) in [6.45, 7) is 9.90. The lowest BCUT2D eigenvalue weighted by atomic mass is 10.2. The second-order valence-electron chi connectivity index (χ2n) is 4.37. The lowest BCUT2D eigenvalue weighted by Crippen LogP contribution is -2.01. The van der Waals surface area contributed by atoms with Crippen LogP contribution in [-0.4, -0.2) is 6.61 Å². The Balaban J connectivity index is 2.36. The fourth-order valence-electron chi connectivity index (χ4n) is 1.18. The van der Waals surface area contributed by atoms with Crippen LogP contribution in [0.15, 0.2) is 16.5 Å². The van der Waals surface area contributed by atoms with E-state index in [1.54, 1.807) is 0 Å². The van der Waals surface area contributed by atoms with Gasteiger partial charge in [0.2, 0.25) is 0 Å². The summed E-state index contributed by atoms with van der Waals surface area (Å²) in [6.07, 6.45) is 0. The van der Waals surface area contributed by atoms with Crippen molar-refractivity contribution in [2.45, 2.75) is 40.2 Å². The van der Waals surface area contributed by atoms with E-state index >= 15 is 0 Å². The van der Waals surface area contributed by atoms with E-state index in [0.29, 0.717) is 18.4 Å². The lowest BCUT2D eigenvalue weighted by Gasteiger charge is -2.04. The maximum absolute atomic E-state index is 5.60. The largest absolute Gasteiger partial charge is 0.463 e. The third-order valence-corrected chi connectivity index (χ3v) is 1.95. The molecule has 1 aromatic rings. The van der Waals surface area contributed by atoms with Crippen molar-refractivity contribution < 1.29 is 9.15 Å². The van der Waals surface area contributed by atoms with Gasteiger partial charge in [-0.2, -0.15) is 0 Å². The summed E-state index contributed by atoms with van der Waals surface area (Å²) >= 11 is 0. The summed E-state index contributed by atoms with van der Waals surface area (Å²) in [7, 11) is 0. The Kier molecular flexibility index (Phi) is 4.21. The van der Waals surface area contributed by atoms with Crippen LogP contribution < -0.4 is 0 Å². The van der Waals surface area contributed by atoms with Crippen LogP contribution in [0.2, 0.25) is 0 Å². The van der Waals surface area contributed by atoms with Crippen LogP contribution in [0.5, 0.6) is 0 Å². The van der Waals surface area contributed by atoms with E-state index in [4.69, 9.17) is 9.15 Å². The highest BCUT2D eigenvalue weighted by atomic mass is 16.5. The predicted molar refractivity (Wildman–Crippen MR) is 57.3 cm³/mol. The number of rotatable bonds is 5. The molecule has 0 amide bonds. The van der Waals surface area contributed by atoms with Crippen molar-refractivity contribution in [1.29, 1.82) is 0 Å². The molecule has 0 fully saturated rings. The number of hydrogen-bond acceptors (Lipinski definition) is 2. The molecule has 1 heterocycles. The highest BCUT2D eigenvalue weighted by Gasteiger charge is 2.05. The lowest BCUT2D eigenvalue weighted by molar-refractivity contribution is 0.0836. The first-order chi connectivity index (χ1) is 6.59. The fraction of sp³-hybridized carbons (Fsp3) is 0.667. The molecule has 0 aromatic carbocycles. The van der Waals surface area contributed by atoms with Gasteiger partial charge in [-0.3, -0.25) is 0 Å². The van der Waals surface area contributed by atoms with Crippen molar-refractivity contribution in [2.24, 2.45) is 5.92 Å². The van der Waals surface area contributed by atoms with Gasteiger partial charge in [0.25, 0.3) is 0 Å². The van der Waals surface area contributed by atoms with E-state index in [9.17, 15) is 0 Å². The van der Waals surface area contributed by atoms with Gasteiger partial charge in [-0.05, 0) is 18.1 Å². The van der Waals surface area contributed by atoms with Crippen molar-refractivity contribution in [2.75, 3.05) is 6.61 Å². The summed E-state index contributed by atoms with van der Waals surface area (Å²) in [5, 5.41) is 0. The van der Waals surface area contributed by atoms with Crippen LogP contribution in [0.4, 0.5) is 0 Å². The molecule has 1 rings (SSSR count). The van der Waals surface area contributed by atoms with E-state index in [0.717, 1.165) is 18.1 Å². The van der Waals surface area contributed by atoms with Gasteiger partial charge in [-0.25, -0.2) is 0 Å².